The summed E-state index contributed by atoms with van der Waals surface area (Å²) >= 11 is 0. The van der Waals surface area contributed by atoms with Crippen LogP contribution in [0.5, 0.6) is 0 Å². The zero-order chi connectivity index (χ0) is 15.7. The zero-order valence-corrected chi connectivity index (χ0v) is 12.1. The lowest BCUT2D eigenvalue weighted by molar-refractivity contribution is -0.137. The highest BCUT2D eigenvalue weighted by atomic mass is 19.4. The molecule has 2 atom stereocenters. The standard InChI is InChI=1S/C15H19F3N2O/c1-10(20-13(21)14(2)7-4-8-19-14)11-5-3-6-12(9-11)15(16,17)18/h3,5-6,9-10,19H,4,7-8H2,1-2H3,(H,20,21). The van der Waals surface area contributed by atoms with Gasteiger partial charge in [-0.05, 0) is 50.9 Å². The maximum absolute atomic E-state index is 12.7. The van der Waals surface area contributed by atoms with Crippen molar-refractivity contribution in [3.63, 3.8) is 0 Å². The Kier molecular flexibility index (Phi) is 4.27. The summed E-state index contributed by atoms with van der Waals surface area (Å²) in [4.78, 5) is 12.2. The highest BCUT2D eigenvalue weighted by Gasteiger charge is 2.36. The van der Waals surface area contributed by atoms with E-state index in [0.29, 0.717) is 5.56 Å². The molecular weight excluding hydrogens is 281 g/mol. The van der Waals surface area contributed by atoms with E-state index in [1.165, 1.54) is 6.07 Å². The number of carbonyl (C=O) groups is 1. The molecule has 1 amide bonds. The fraction of sp³-hybridized carbons (Fsp3) is 0.533. The van der Waals surface area contributed by atoms with Gasteiger partial charge in [-0.3, -0.25) is 4.79 Å². The summed E-state index contributed by atoms with van der Waals surface area (Å²) in [5.74, 6) is -0.176. The minimum Gasteiger partial charge on any atom is -0.348 e. The van der Waals surface area contributed by atoms with Crippen LogP contribution < -0.4 is 10.6 Å². The van der Waals surface area contributed by atoms with Crippen LogP contribution in [0, 0.1) is 0 Å². The van der Waals surface area contributed by atoms with Crippen molar-refractivity contribution in [1.82, 2.24) is 10.6 Å². The van der Waals surface area contributed by atoms with Crippen molar-refractivity contribution in [2.24, 2.45) is 0 Å². The Balaban J connectivity index is 2.10. The lowest BCUT2D eigenvalue weighted by atomic mass is 9.97. The van der Waals surface area contributed by atoms with Crippen molar-refractivity contribution < 1.29 is 18.0 Å². The summed E-state index contributed by atoms with van der Waals surface area (Å²) in [6.45, 7) is 4.28. The van der Waals surface area contributed by atoms with Crippen LogP contribution in [0.2, 0.25) is 0 Å². The summed E-state index contributed by atoms with van der Waals surface area (Å²) < 4.78 is 38.1. The van der Waals surface area contributed by atoms with Gasteiger partial charge in [0.05, 0.1) is 17.1 Å². The van der Waals surface area contributed by atoms with Crippen molar-refractivity contribution in [1.29, 1.82) is 0 Å². The Morgan fingerprint density at radius 3 is 2.71 bits per heavy atom. The van der Waals surface area contributed by atoms with Crippen LogP contribution >= 0.6 is 0 Å². The highest BCUT2D eigenvalue weighted by molar-refractivity contribution is 5.86. The van der Waals surface area contributed by atoms with Gasteiger partial charge in [0.1, 0.15) is 0 Å². The summed E-state index contributed by atoms with van der Waals surface area (Å²) in [6, 6.07) is 4.58. The van der Waals surface area contributed by atoms with Gasteiger partial charge in [-0.15, -0.1) is 0 Å². The van der Waals surface area contributed by atoms with E-state index in [9.17, 15) is 18.0 Å². The van der Waals surface area contributed by atoms with Crippen molar-refractivity contribution in [3.8, 4) is 0 Å². The lowest BCUT2D eigenvalue weighted by Gasteiger charge is -2.26. The first kappa shape index (κ1) is 15.8. The molecular formula is C15H19F3N2O. The van der Waals surface area contributed by atoms with E-state index in [1.54, 1.807) is 13.0 Å². The fourth-order valence-electron chi connectivity index (χ4n) is 2.51. The van der Waals surface area contributed by atoms with E-state index >= 15 is 0 Å². The Morgan fingerprint density at radius 1 is 1.43 bits per heavy atom. The van der Waals surface area contributed by atoms with Crippen LogP contribution in [0.1, 0.15) is 43.9 Å². The topological polar surface area (TPSA) is 41.1 Å². The second-order valence-corrected chi connectivity index (χ2v) is 5.68. The molecule has 0 spiro atoms. The third-order valence-corrected chi connectivity index (χ3v) is 3.93. The summed E-state index contributed by atoms with van der Waals surface area (Å²) in [6.07, 6.45) is -2.73. The zero-order valence-electron chi connectivity index (χ0n) is 12.1. The molecule has 0 bridgehead atoms. The minimum absolute atomic E-state index is 0.176. The van der Waals surface area contributed by atoms with E-state index in [1.807, 2.05) is 6.92 Å². The molecule has 1 heterocycles. The molecule has 3 nitrogen and oxygen atoms in total. The van der Waals surface area contributed by atoms with E-state index in [4.69, 9.17) is 0 Å². The maximum Gasteiger partial charge on any atom is 0.416 e. The van der Waals surface area contributed by atoms with Gasteiger partial charge in [-0.25, -0.2) is 0 Å². The Labute approximate surface area is 121 Å². The number of hydrogen-bond acceptors (Lipinski definition) is 2. The van der Waals surface area contributed by atoms with E-state index in [0.717, 1.165) is 31.5 Å². The van der Waals surface area contributed by atoms with E-state index in [2.05, 4.69) is 10.6 Å². The smallest absolute Gasteiger partial charge is 0.348 e. The van der Waals surface area contributed by atoms with Crippen LogP contribution in [0.15, 0.2) is 24.3 Å². The minimum atomic E-state index is -4.38. The first-order valence-electron chi connectivity index (χ1n) is 6.95. The molecule has 0 saturated carbocycles. The lowest BCUT2D eigenvalue weighted by Crippen LogP contribution is -2.51. The molecule has 0 aliphatic carbocycles. The molecule has 0 radical (unpaired) electrons. The van der Waals surface area contributed by atoms with Gasteiger partial charge in [0.2, 0.25) is 5.91 Å². The molecule has 1 aliphatic heterocycles. The number of nitrogens with one attached hydrogen (secondary N) is 2. The number of alkyl halides is 3. The van der Waals surface area contributed by atoms with Crippen LogP contribution in [0.3, 0.4) is 0 Å². The fourth-order valence-corrected chi connectivity index (χ4v) is 2.51. The van der Waals surface area contributed by atoms with Crippen molar-refractivity contribution in [3.05, 3.63) is 35.4 Å². The van der Waals surface area contributed by atoms with E-state index in [-0.39, 0.29) is 5.91 Å². The summed E-state index contributed by atoms with van der Waals surface area (Å²) in [5.41, 5.74) is -0.887. The van der Waals surface area contributed by atoms with Gasteiger partial charge >= 0.3 is 6.18 Å². The molecule has 116 valence electrons. The van der Waals surface area contributed by atoms with Gasteiger partial charge in [-0.2, -0.15) is 13.2 Å². The monoisotopic (exact) mass is 300 g/mol. The molecule has 21 heavy (non-hydrogen) atoms. The predicted molar refractivity (Wildman–Crippen MR) is 73.6 cm³/mol. The molecule has 2 rings (SSSR count). The number of amides is 1. The van der Waals surface area contributed by atoms with Crippen molar-refractivity contribution in [2.75, 3.05) is 6.54 Å². The number of halogens is 3. The molecule has 0 aromatic heterocycles. The largest absolute Gasteiger partial charge is 0.416 e. The Bertz CT molecular complexity index is 522. The molecule has 1 aromatic carbocycles. The molecule has 2 unspecified atom stereocenters. The van der Waals surface area contributed by atoms with Crippen LogP contribution in [0.25, 0.3) is 0 Å². The van der Waals surface area contributed by atoms with Gasteiger partial charge in [0, 0.05) is 0 Å². The SMILES string of the molecule is CC(NC(=O)C1(C)CCCN1)c1cccc(C(F)(F)F)c1. The number of carbonyl (C=O) groups excluding carboxylic acids is 1. The quantitative estimate of drug-likeness (QED) is 0.901. The third-order valence-electron chi connectivity index (χ3n) is 3.93. The molecule has 1 aromatic rings. The van der Waals surface area contributed by atoms with E-state index < -0.39 is 23.3 Å². The summed E-state index contributed by atoms with van der Waals surface area (Å²) in [7, 11) is 0. The maximum atomic E-state index is 12.7. The molecule has 1 saturated heterocycles. The number of benzene rings is 1. The molecule has 6 heteroatoms. The molecule has 2 N–H and O–H groups in total. The van der Waals surface area contributed by atoms with Crippen LogP contribution in [0.4, 0.5) is 13.2 Å². The van der Waals surface area contributed by atoms with Crippen LogP contribution in [-0.4, -0.2) is 18.0 Å². The average molecular weight is 300 g/mol. The number of hydrogen-bond donors (Lipinski definition) is 2. The van der Waals surface area contributed by atoms with Crippen LogP contribution in [-0.2, 0) is 11.0 Å². The normalized spacial score (nSPS) is 23.9. The van der Waals surface area contributed by atoms with Gasteiger partial charge in [-0.1, -0.05) is 12.1 Å². The predicted octanol–water partition coefficient (Wildman–Crippen LogP) is 3.02. The number of rotatable bonds is 3. The van der Waals surface area contributed by atoms with Crippen molar-refractivity contribution in [2.45, 2.75) is 44.4 Å². The second kappa shape index (κ2) is 5.67. The average Bonchev–Trinajstić information content (AvgIpc) is 2.86. The Hall–Kier alpha value is -1.56. The first-order chi connectivity index (χ1) is 9.72. The Morgan fingerprint density at radius 2 is 2.14 bits per heavy atom. The van der Waals surface area contributed by atoms with Gasteiger partial charge in [0.25, 0.3) is 0 Å². The second-order valence-electron chi connectivity index (χ2n) is 5.68. The van der Waals surface area contributed by atoms with Gasteiger partial charge < -0.3 is 10.6 Å². The van der Waals surface area contributed by atoms with Crippen molar-refractivity contribution >= 4 is 5.91 Å². The highest BCUT2D eigenvalue weighted by Crippen LogP contribution is 2.31. The molecule has 1 fully saturated rings. The first-order valence-corrected chi connectivity index (χ1v) is 6.95. The third kappa shape index (κ3) is 3.56. The molecule has 1 aliphatic rings. The van der Waals surface area contributed by atoms with Gasteiger partial charge in [0.15, 0.2) is 0 Å². The summed E-state index contributed by atoms with van der Waals surface area (Å²) in [5, 5.41) is 5.92.